The third-order valence-corrected chi connectivity index (χ3v) is 5.04. The maximum atomic E-state index is 6.02. The molecule has 2 heterocycles. The molecule has 2 aliphatic heterocycles. The van der Waals surface area contributed by atoms with Crippen LogP contribution in [0.15, 0.2) is 0 Å². The minimum Gasteiger partial charge on any atom is -0.374 e. The van der Waals surface area contributed by atoms with Gasteiger partial charge in [0.05, 0.1) is 12.7 Å². The van der Waals surface area contributed by atoms with Crippen molar-refractivity contribution < 1.29 is 4.74 Å². The molecule has 0 aromatic heterocycles. The minimum atomic E-state index is 0.385. The van der Waals surface area contributed by atoms with Crippen LogP contribution in [0.4, 0.5) is 0 Å². The van der Waals surface area contributed by atoms with Crippen molar-refractivity contribution in [1.82, 2.24) is 15.1 Å². The van der Waals surface area contributed by atoms with Gasteiger partial charge in [-0.05, 0) is 47.2 Å². The molecule has 3 unspecified atom stereocenters. The number of hydrogen-bond acceptors (Lipinski definition) is 4. The predicted molar refractivity (Wildman–Crippen MR) is 84.2 cm³/mol. The van der Waals surface area contributed by atoms with Gasteiger partial charge in [-0.3, -0.25) is 9.80 Å². The van der Waals surface area contributed by atoms with Gasteiger partial charge in [-0.1, -0.05) is 6.42 Å². The van der Waals surface area contributed by atoms with Gasteiger partial charge in [0, 0.05) is 37.8 Å². The molecule has 0 amide bonds. The summed E-state index contributed by atoms with van der Waals surface area (Å²) in [6.07, 6.45) is 4.42. The van der Waals surface area contributed by atoms with Crippen molar-refractivity contribution >= 4 is 0 Å². The first kappa shape index (κ1) is 16.2. The Morgan fingerprint density at radius 3 is 2.70 bits per heavy atom. The molecule has 0 aromatic rings. The SMILES string of the molecule is CNC(C)C1CCCCN1CC1CN(C(C)C)CCO1. The lowest BCUT2D eigenvalue weighted by molar-refractivity contribution is -0.0617. The van der Waals surface area contributed by atoms with E-state index >= 15 is 0 Å². The third-order valence-electron chi connectivity index (χ3n) is 5.04. The van der Waals surface area contributed by atoms with E-state index in [0.29, 0.717) is 24.2 Å². The predicted octanol–water partition coefficient (Wildman–Crippen LogP) is 1.56. The van der Waals surface area contributed by atoms with Crippen molar-refractivity contribution in [1.29, 1.82) is 0 Å². The van der Waals surface area contributed by atoms with Crippen LogP contribution in [0, 0.1) is 0 Å². The van der Waals surface area contributed by atoms with Gasteiger partial charge in [-0.25, -0.2) is 0 Å². The highest BCUT2D eigenvalue weighted by Gasteiger charge is 2.30. The van der Waals surface area contributed by atoms with Crippen molar-refractivity contribution in [3.8, 4) is 0 Å². The Balaban J connectivity index is 1.89. The Morgan fingerprint density at radius 2 is 2.00 bits per heavy atom. The smallest absolute Gasteiger partial charge is 0.0829 e. The fraction of sp³-hybridized carbons (Fsp3) is 1.00. The summed E-state index contributed by atoms with van der Waals surface area (Å²) >= 11 is 0. The van der Waals surface area contributed by atoms with E-state index in [1.165, 1.54) is 25.8 Å². The number of ether oxygens (including phenoxy) is 1. The molecule has 0 saturated carbocycles. The van der Waals surface area contributed by atoms with Crippen LogP contribution in [-0.4, -0.2) is 73.9 Å². The molecule has 2 saturated heterocycles. The fourth-order valence-corrected chi connectivity index (χ4v) is 3.59. The summed E-state index contributed by atoms with van der Waals surface area (Å²) in [6.45, 7) is 12.3. The van der Waals surface area contributed by atoms with Crippen LogP contribution in [0.25, 0.3) is 0 Å². The Morgan fingerprint density at radius 1 is 1.20 bits per heavy atom. The number of rotatable bonds is 5. The molecule has 0 spiro atoms. The van der Waals surface area contributed by atoms with E-state index in [1.807, 2.05) is 0 Å². The molecular formula is C16H33N3O. The van der Waals surface area contributed by atoms with Crippen LogP contribution >= 0.6 is 0 Å². The second-order valence-electron chi connectivity index (χ2n) is 6.72. The van der Waals surface area contributed by atoms with Gasteiger partial charge in [0.15, 0.2) is 0 Å². The maximum Gasteiger partial charge on any atom is 0.0829 e. The molecule has 4 heteroatoms. The number of likely N-dealkylation sites (tertiary alicyclic amines) is 1. The Bertz CT molecular complexity index is 285. The van der Waals surface area contributed by atoms with E-state index in [0.717, 1.165) is 26.2 Å². The number of morpholine rings is 1. The standard InChI is InChI=1S/C16H33N3O/c1-13(2)18-9-10-20-15(11-18)12-19-8-6-5-7-16(19)14(3)17-4/h13-17H,5-12H2,1-4H3. The number of likely N-dealkylation sites (N-methyl/N-ethyl adjacent to an activating group) is 1. The maximum absolute atomic E-state index is 6.02. The first-order valence-corrected chi connectivity index (χ1v) is 8.38. The largest absolute Gasteiger partial charge is 0.374 e. The molecule has 2 rings (SSSR count). The molecule has 2 fully saturated rings. The third kappa shape index (κ3) is 4.17. The normalized spacial score (nSPS) is 31.6. The van der Waals surface area contributed by atoms with E-state index in [4.69, 9.17) is 4.74 Å². The van der Waals surface area contributed by atoms with Crippen molar-refractivity contribution in [2.45, 2.75) is 64.3 Å². The zero-order valence-corrected chi connectivity index (χ0v) is 13.8. The Kier molecular flexibility index (Phi) is 6.27. The van der Waals surface area contributed by atoms with Gasteiger partial charge in [0.25, 0.3) is 0 Å². The van der Waals surface area contributed by atoms with Gasteiger partial charge in [0.1, 0.15) is 0 Å². The van der Waals surface area contributed by atoms with Crippen molar-refractivity contribution in [2.24, 2.45) is 0 Å². The van der Waals surface area contributed by atoms with Gasteiger partial charge < -0.3 is 10.1 Å². The van der Waals surface area contributed by atoms with Crippen molar-refractivity contribution in [3.05, 3.63) is 0 Å². The second kappa shape index (κ2) is 7.74. The minimum absolute atomic E-state index is 0.385. The Hall–Kier alpha value is -0.160. The number of nitrogens with one attached hydrogen (secondary N) is 1. The highest BCUT2D eigenvalue weighted by atomic mass is 16.5. The summed E-state index contributed by atoms with van der Waals surface area (Å²) in [6, 6.07) is 1.88. The molecule has 2 aliphatic rings. The van der Waals surface area contributed by atoms with Crippen molar-refractivity contribution in [2.75, 3.05) is 39.8 Å². The van der Waals surface area contributed by atoms with Crippen LogP contribution in [0.2, 0.25) is 0 Å². The average Bonchev–Trinajstić information content (AvgIpc) is 2.47. The highest BCUT2D eigenvalue weighted by molar-refractivity contribution is 4.87. The topological polar surface area (TPSA) is 27.7 Å². The van der Waals surface area contributed by atoms with Gasteiger partial charge in [0.2, 0.25) is 0 Å². The van der Waals surface area contributed by atoms with E-state index in [-0.39, 0.29) is 0 Å². The van der Waals surface area contributed by atoms with E-state index in [1.54, 1.807) is 0 Å². The first-order chi connectivity index (χ1) is 9.61. The molecule has 20 heavy (non-hydrogen) atoms. The van der Waals surface area contributed by atoms with Crippen LogP contribution in [-0.2, 0) is 4.74 Å². The van der Waals surface area contributed by atoms with Gasteiger partial charge in [-0.15, -0.1) is 0 Å². The number of hydrogen-bond donors (Lipinski definition) is 1. The summed E-state index contributed by atoms with van der Waals surface area (Å²) in [5, 5.41) is 3.44. The average molecular weight is 283 g/mol. The monoisotopic (exact) mass is 283 g/mol. The second-order valence-corrected chi connectivity index (χ2v) is 6.72. The molecule has 1 N–H and O–H groups in total. The molecule has 0 radical (unpaired) electrons. The van der Waals surface area contributed by atoms with E-state index in [9.17, 15) is 0 Å². The molecule has 118 valence electrons. The van der Waals surface area contributed by atoms with Crippen LogP contribution in [0.3, 0.4) is 0 Å². The van der Waals surface area contributed by atoms with E-state index in [2.05, 4.69) is 42.9 Å². The highest BCUT2D eigenvalue weighted by Crippen LogP contribution is 2.21. The lowest BCUT2D eigenvalue weighted by atomic mass is 9.96. The summed E-state index contributed by atoms with van der Waals surface area (Å²) in [4.78, 5) is 5.22. The number of piperidine rings is 1. The lowest BCUT2D eigenvalue weighted by Gasteiger charge is -2.43. The van der Waals surface area contributed by atoms with Crippen LogP contribution in [0.1, 0.15) is 40.0 Å². The Labute approximate surface area is 124 Å². The zero-order chi connectivity index (χ0) is 14.5. The molecule has 3 atom stereocenters. The molecule has 0 aliphatic carbocycles. The summed E-state index contributed by atoms with van der Waals surface area (Å²) in [7, 11) is 2.08. The van der Waals surface area contributed by atoms with Gasteiger partial charge in [-0.2, -0.15) is 0 Å². The number of nitrogens with zero attached hydrogens (tertiary/aromatic N) is 2. The quantitative estimate of drug-likeness (QED) is 0.829. The summed E-state index contributed by atoms with van der Waals surface area (Å²) in [5.41, 5.74) is 0. The first-order valence-electron chi connectivity index (χ1n) is 8.38. The summed E-state index contributed by atoms with van der Waals surface area (Å²) < 4.78 is 6.02. The lowest BCUT2D eigenvalue weighted by Crippen LogP contribution is -2.55. The van der Waals surface area contributed by atoms with Gasteiger partial charge >= 0.3 is 0 Å². The van der Waals surface area contributed by atoms with E-state index < -0.39 is 0 Å². The molecule has 4 nitrogen and oxygen atoms in total. The van der Waals surface area contributed by atoms with Crippen LogP contribution < -0.4 is 5.32 Å². The molecule has 0 bridgehead atoms. The zero-order valence-electron chi connectivity index (χ0n) is 13.8. The summed E-state index contributed by atoms with van der Waals surface area (Å²) in [5.74, 6) is 0. The fourth-order valence-electron chi connectivity index (χ4n) is 3.59. The molecular weight excluding hydrogens is 250 g/mol. The van der Waals surface area contributed by atoms with Crippen LogP contribution in [0.5, 0.6) is 0 Å². The van der Waals surface area contributed by atoms with Crippen molar-refractivity contribution in [3.63, 3.8) is 0 Å². The molecule has 0 aromatic carbocycles.